The molecule has 0 saturated heterocycles. The predicted molar refractivity (Wildman–Crippen MR) is 100 cm³/mol. The number of nitrogens with one attached hydrogen (secondary N) is 2. The smallest absolute Gasteiger partial charge is 0.338 e. The van der Waals surface area contributed by atoms with Gasteiger partial charge in [0.25, 0.3) is 0 Å². The maximum Gasteiger partial charge on any atom is 0.338 e. The van der Waals surface area contributed by atoms with E-state index in [1.54, 1.807) is 0 Å². The summed E-state index contributed by atoms with van der Waals surface area (Å²) in [6.45, 7) is 1.87. The van der Waals surface area contributed by atoms with E-state index in [1.807, 2.05) is 0 Å². The minimum atomic E-state index is -3.88. The number of ether oxygens (including phenoxy) is 2. The summed E-state index contributed by atoms with van der Waals surface area (Å²) in [6.07, 6.45) is 1.50. The Morgan fingerprint density at radius 1 is 1.29 bits per heavy atom. The number of allylic oxidation sites excluding steroid dienone is 1. The number of esters is 1. The van der Waals surface area contributed by atoms with E-state index in [-0.39, 0.29) is 33.5 Å². The standard InChI is InChI=1S/C18H22N2O7S/c1-10(19)17(11(2)21)14(22)9-27-18(23)12-4-7-15(26-3)16(8-12)28(24,25)20-13-5-6-13/h4,7-8,13,19-20,22H,5-6,9H2,1-3H3/b17-14-,19-10?. The number of rotatable bonds is 9. The topological polar surface area (TPSA) is 143 Å². The number of benzene rings is 1. The van der Waals surface area contributed by atoms with Crippen molar-refractivity contribution < 1.29 is 32.6 Å². The normalized spacial score (nSPS) is 14.8. The number of hydrogen-bond donors (Lipinski definition) is 3. The number of Topliss-reactive ketones (excluding diaryl/α,β-unsaturated/α-hetero) is 1. The Hall–Kier alpha value is -2.72. The zero-order chi connectivity index (χ0) is 21.1. The van der Waals surface area contributed by atoms with Crippen LogP contribution in [0.4, 0.5) is 0 Å². The van der Waals surface area contributed by atoms with E-state index < -0.39 is 34.1 Å². The van der Waals surface area contributed by atoms with Gasteiger partial charge in [-0.25, -0.2) is 17.9 Å². The molecule has 3 N–H and O–H groups in total. The maximum atomic E-state index is 12.5. The molecule has 9 nitrogen and oxygen atoms in total. The molecule has 0 bridgehead atoms. The van der Waals surface area contributed by atoms with E-state index in [2.05, 4.69) is 4.72 Å². The molecule has 1 saturated carbocycles. The molecule has 1 aliphatic rings. The van der Waals surface area contributed by atoms with Gasteiger partial charge in [0, 0.05) is 11.8 Å². The summed E-state index contributed by atoms with van der Waals surface area (Å²) in [5.41, 5.74) is -0.467. The summed E-state index contributed by atoms with van der Waals surface area (Å²) in [7, 11) is -2.56. The Morgan fingerprint density at radius 3 is 2.43 bits per heavy atom. The van der Waals surface area contributed by atoms with Crippen LogP contribution in [0.1, 0.15) is 37.0 Å². The predicted octanol–water partition coefficient (Wildman–Crippen LogP) is 1.73. The van der Waals surface area contributed by atoms with Gasteiger partial charge < -0.3 is 20.0 Å². The fourth-order valence-electron chi connectivity index (χ4n) is 2.47. The first-order chi connectivity index (χ1) is 13.1. The third kappa shape index (κ3) is 5.17. The van der Waals surface area contributed by atoms with E-state index in [4.69, 9.17) is 14.9 Å². The first kappa shape index (κ1) is 21.6. The molecule has 1 fully saturated rings. The molecule has 0 aromatic heterocycles. The second-order valence-corrected chi connectivity index (χ2v) is 8.02. The van der Waals surface area contributed by atoms with Crippen molar-refractivity contribution >= 4 is 27.5 Å². The van der Waals surface area contributed by atoms with Gasteiger partial charge in [0.1, 0.15) is 23.0 Å². The average molecular weight is 410 g/mol. The Bertz CT molecular complexity index is 931. The summed E-state index contributed by atoms with van der Waals surface area (Å²) in [4.78, 5) is 23.5. The van der Waals surface area contributed by atoms with Gasteiger partial charge in [-0.3, -0.25) is 4.79 Å². The molecule has 0 unspecified atom stereocenters. The van der Waals surface area contributed by atoms with E-state index >= 15 is 0 Å². The molecule has 2 rings (SSSR count). The number of aliphatic hydroxyl groups is 1. The largest absolute Gasteiger partial charge is 0.508 e. The van der Waals surface area contributed by atoms with Gasteiger partial charge >= 0.3 is 5.97 Å². The molecule has 152 valence electrons. The molecule has 0 atom stereocenters. The summed E-state index contributed by atoms with van der Waals surface area (Å²) >= 11 is 0. The van der Waals surface area contributed by atoms with Crippen molar-refractivity contribution in [3.63, 3.8) is 0 Å². The quantitative estimate of drug-likeness (QED) is 0.243. The second-order valence-electron chi connectivity index (χ2n) is 6.34. The van der Waals surface area contributed by atoms with Crippen molar-refractivity contribution in [3.05, 3.63) is 35.1 Å². The highest BCUT2D eigenvalue weighted by Gasteiger charge is 2.30. The van der Waals surface area contributed by atoms with E-state index in [0.29, 0.717) is 0 Å². The number of aliphatic hydroxyl groups excluding tert-OH is 1. The van der Waals surface area contributed by atoms with E-state index in [0.717, 1.165) is 18.9 Å². The fourth-order valence-corrected chi connectivity index (χ4v) is 3.97. The average Bonchev–Trinajstić information content (AvgIpc) is 3.41. The molecule has 1 aromatic rings. The van der Waals surface area contributed by atoms with Gasteiger partial charge in [0.15, 0.2) is 5.78 Å². The molecule has 0 heterocycles. The third-order valence-corrected chi connectivity index (χ3v) is 5.49. The summed E-state index contributed by atoms with van der Waals surface area (Å²) in [5.74, 6) is -1.91. The zero-order valence-electron chi connectivity index (χ0n) is 15.7. The van der Waals surface area contributed by atoms with Crippen LogP contribution in [0.2, 0.25) is 0 Å². The van der Waals surface area contributed by atoms with Gasteiger partial charge in [-0.15, -0.1) is 0 Å². The highest BCUT2D eigenvalue weighted by atomic mass is 32.2. The van der Waals surface area contributed by atoms with Crippen LogP contribution in [0, 0.1) is 5.41 Å². The monoisotopic (exact) mass is 410 g/mol. The maximum absolute atomic E-state index is 12.5. The van der Waals surface area contributed by atoms with Crippen LogP contribution in [0.25, 0.3) is 0 Å². The van der Waals surface area contributed by atoms with Gasteiger partial charge in [0.2, 0.25) is 10.0 Å². The molecule has 0 aliphatic heterocycles. The molecule has 28 heavy (non-hydrogen) atoms. The summed E-state index contributed by atoms with van der Waals surface area (Å²) in [6, 6.07) is 3.66. The first-order valence-electron chi connectivity index (χ1n) is 8.43. The first-order valence-corrected chi connectivity index (χ1v) is 9.91. The minimum absolute atomic E-state index is 0.0688. The summed E-state index contributed by atoms with van der Waals surface area (Å²) < 4.78 is 37.5. The molecule has 10 heteroatoms. The lowest BCUT2D eigenvalue weighted by Crippen LogP contribution is -2.26. The number of hydrogen-bond acceptors (Lipinski definition) is 8. The number of methoxy groups -OCH3 is 1. The van der Waals surface area contributed by atoms with Gasteiger partial charge in [-0.1, -0.05) is 0 Å². The van der Waals surface area contributed by atoms with Gasteiger partial charge in [-0.2, -0.15) is 0 Å². The van der Waals surface area contributed by atoms with E-state index in [1.165, 1.54) is 33.1 Å². The lowest BCUT2D eigenvalue weighted by atomic mass is 10.1. The molecule has 1 aliphatic carbocycles. The Balaban J connectivity index is 2.24. The molecule has 0 amide bonds. The molecular formula is C18H22N2O7S. The zero-order valence-corrected chi connectivity index (χ0v) is 16.6. The number of ketones is 1. The number of carbonyl (C=O) groups excluding carboxylic acids is 2. The van der Waals surface area contributed by atoms with Crippen molar-refractivity contribution in [1.29, 1.82) is 5.41 Å². The Kier molecular flexibility index (Phi) is 6.57. The molecular weight excluding hydrogens is 388 g/mol. The van der Waals surface area contributed by atoms with Crippen LogP contribution in [-0.4, -0.2) is 50.7 Å². The van der Waals surface area contributed by atoms with Crippen molar-refractivity contribution in [2.45, 2.75) is 37.6 Å². The molecule has 1 aromatic carbocycles. The highest BCUT2D eigenvalue weighted by Crippen LogP contribution is 2.28. The number of sulfonamides is 1. The van der Waals surface area contributed by atoms with Crippen LogP contribution in [0.15, 0.2) is 34.4 Å². The molecule has 0 radical (unpaired) electrons. The van der Waals surface area contributed by atoms with Crippen molar-refractivity contribution in [1.82, 2.24) is 4.72 Å². The fraction of sp³-hybridized carbons (Fsp3) is 0.389. The van der Waals surface area contributed by atoms with Gasteiger partial charge in [0.05, 0.1) is 18.2 Å². The van der Waals surface area contributed by atoms with Crippen LogP contribution in [0.3, 0.4) is 0 Å². The third-order valence-electron chi connectivity index (χ3n) is 3.94. The number of carbonyl (C=O) groups is 2. The van der Waals surface area contributed by atoms with Crippen molar-refractivity contribution in [2.24, 2.45) is 0 Å². The van der Waals surface area contributed by atoms with Crippen LogP contribution in [0.5, 0.6) is 5.75 Å². The van der Waals surface area contributed by atoms with Crippen LogP contribution >= 0.6 is 0 Å². The summed E-state index contributed by atoms with van der Waals surface area (Å²) in [5, 5.41) is 17.4. The van der Waals surface area contributed by atoms with Crippen molar-refractivity contribution in [2.75, 3.05) is 13.7 Å². The van der Waals surface area contributed by atoms with Crippen molar-refractivity contribution in [3.8, 4) is 5.75 Å². The van der Waals surface area contributed by atoms with Crippen LogP contribution < -0.4 is 9.46 Å². The lowest BCUT2D eigenvalue weighted by molar-refractivity contribution is -0.113. The van der Waals surface area contributed by atoms with E-state index in [9.17, 15) is 23.1 Å². The lowest BCUT2D eigenvalue weighted by Gasteiger charge is -2.12. The second kappa shape index (κ2) is 8.53. The Labute approximate surface area is 162 Å². The SMILES string of the molecule is COc1ccc(C(=O)OC/C(O)=C(\C(C)=N)C(C)=O)cc1S(=O)(=O)NC1CC1. The Morgan fingerprint density at radius 2 is 1.93 bits per heavy atom. The van der Waals surface area contributed by atoms with Gasteiger partial charge in [-0.05, 0) is 44.9 Å². The minimum Gasteiger partial charge on any atom is -0.508 e. The molecule has 0 spiro atoms. The van der Waals surface area contributed by atoms with Crippen LogP contribution in [-0.2, 0) is 19.6 Å². The highest BCUT2D eigenvalue weighted by molar-refractivity contribution is 7.89.